The molecule has 0 saturated carbocycles. The van der Waals surface area contributed by atoms with Crippen molar-refractivity contribution in [2.24, 2.45) is 0 Å². The topological polar surface area (TPSA) is 66.0 Å². The average molecular weight is 337 g/mol. The van der Waals surface area contributed by atoms with E-state index >= 15 is 0 Å². The molecular formula is C15H17BrN2O2. The lowest BCUT2D eigenvalue weighted by Gasteiger charge is -2.19. The Morgan fingerprint density at radius 3 is 2.75 bits per heavy atom. The molecule has 0 fully saturated rings. The van der Waals surface area contributed by atoms with Gasteiger partial charge in [0, 0.05) is 21.1 Å². The zero-order valence-electron chi connectivity index (χ0n) is 11.7. The fourth-order valence-corrected chi connectivity index (χ4v) is 2.56. The molecule has 1 aromatic heterocycles. The molecule has 2 N–H and O–H groups in total. The van der Waals surface area contributed by atoms with Crippen molar-refractivity contribution in [3.8, 4) is 11.3 Å². The van der Waals surface area contributed by atoms with Crippen molar-refractivity contribution in [1.29, 1.82) is 0 Å². The third-order valence-electron chi connectivity index (χ3n) is 3.22. The van der Waals surface area contributed by atoms with Gasteiger partial charge in [0.15, 0.2) is 0 Å². The zero-order valence-corrected chi connectivity index (χ0v) is 13.3. The summed E-state index contributed by atoms with van der Waals surface area (Å²) in [6.07, 6.45) is 0.0396. The predicted octanol–water partition coefficient (Wildman–Crippen LogP) is 3.90. The summed E-state index contributed by atoms with van der Waals surface area (Å²) in [6.45, 7) is 5.71. The molecule has 2 aromatic rings. The Morgan fingerprint density at radius 1 is 1.45 bits per heavy atom. The number of nitrogens with one attached hydrogen (secondary N) is 1. The standard InChI is InChI=1S/C15H17BrN2O2/c1-9-13(10-5-4-6-11(16)7-10)18-14(17-9)15(2,3)8-12(19)20/h4-7H,8H2,1-3H3,(H,17,18)(H,19,20). The van der Waals surface area contributed by atoms with Gasteiger partial charge in [0.2, 0.25) is 0 Å². The summed E-state index contributed by atoms with van der Waals surface area (Å²) in [6, 6.07) is 7.90. The number of hydrogen-bond donors (Lipinski definition) is 2. The second-order valence-electron chi connectivity index (χ2n) is 5.52. The Hall–Kier alpha value is -1.62. The van der Waals surface area contributed by atoms with Gasteiger partial charge in [-0.05, 0) is 19.1 Å². The van der Waals surface area contributed by atoms with Gasteiger partial charge in [-0.3, -0.25) is 4.79 Å². The molecular weight excluding hydrogens is 320 g/mol. The molecule has 0 spiro atoms. The summed E-state index contributed by atoms with van der Waals surface area (Å²) in [7, 11) is 0. The first-order chi connectivity index (χ1) is 9.29. The van der Waals surface area contributed by atoms with Gasteiger partial charge in [0.05, 0.1) is 12.1 Å². The minimum atomic E-state index is -0.826. The molecule has 0 aliphatic rings. The van der Waals surface area contributed by atoms with E-state index in [2.05, 4.69) is 25.9 Å². The molecule has 20 heavy (non-hydrogen) atoms. The second-order valence-corrected chi connectivity index (χ2v) is 6.44. The van der Waals surface area contributed by atoms with Gasteiger partial charge in [0.25, 0.3) is 0 Å². The molecule has 2 rings (SSSR count). The zero-order chi connectivity index (χ0) is 14.9. The molecule has 1 aromatic carbocycles. The van der Waals surface area contributed by atoms with Crippen molar-refractivity contribution < 1.29 is 9.90 Å². The number of H-pyrrole nitrogens is 1. The van der Waals surface area contributed by atoms with E-state index in [9.17, 15) is 4.79 Å². The first kappa shape index (κ1) is 14.8. The van der Waals surface area contributed by atoms with Crippen molar-refractivity contribution in [2.75, 3.05) is 0 Å². The third-order valence-corrected chi connectivity index (χ3v) is 3.71. The maximum atomic E-state index is 10.9. The van der Waals surface area contributed by atoms with Crippen LogP contribution in [-0.2, 0) is 10.2 Å². The van der Waals surface area contributed by atoms with E-state index in [0.29, 0.717) is 5.82 Å². The number of benzene rings is 1. The number of aryl methyl sites for hydroxylation is 1. The molecule has 5 heteroatoms. The van der Waals surface area contributed by atoms with E-state index in [1.165, 1.54) is 0 Å². The highest BCUT2D eigenvalue weighted by Gasteiger charge is 2.28. The van der Waals surface area contributed by atoms with Crippen molar-refractivity contribution in [1.82, 2.24) is 9.97 Å². The number of aliphatic carboxylic acids is 1. The summed E-state index contributed by atoms with van der Waals surface area (Å²) >= 11 is 3.45. The number of hydrogen-bond acceptors (Lipinski definition) is 2. The summed E-state index contributed by atoms with van der Waals surface area (Å²) in [5.41, 5.74) is 2.28. The molecule has 0 aliphatic heterocycles. The van der Waals surface area contributed by atoms with Gasteiger partial charge in [-0.2, -0.15) is 0 Å². The van der Waals surface area contributed by atoms with Crippen LogP contribution < -0.4 is 0 Å². The van der Waals surface area contributed by atoms with Gasteiger partial charge in [-0.15, -0.1) is 0 Å². The summed E-state index contributed by atoms with van der Waals surface area (Å²) in [4.78, 5) is 18.8. The van der Waals surface area contributed by atoms with E-state index in [1.54, 1.807) is 0 Å². The van der Waals surface area contributed by atoms with Crippen LogP contribution in [-0.4, -0.2) is 21.0 Å². The predicted molar refractivity (Wildman–Crippen MR) is 81.7 cm³/mol. The summed E-state index contributed by atoms with van der Waals surface area (Å²) < 4.78 is 0.990. The molecule has 1 heterocycles. The van der Waals surface area contributed by atoms with Crippen LogP contribution in [0.25, 0.3) is 11.3 Å². The number of nitrogens with zero attached hydrogens (tertiary/aromatic N) is 1. The number of carboxylic acid groups (broad SMARTS) is 1. The normalized spacial score (nSPS) is 11.6. The SMILES string of the molecule is Cc1[nH]c(C(C)(C)CC(=O)O)nc1-c1cccc(Br)c1. The molecule has 0 saturated heterocycles. The molecule has 106 valence electrons. The van der Waals surface area contributed by atoms with Gasteiger partial charge in [-0.25, -0.2) is 4.98 Å². The Labute approximate surface area is 126 Å². The van der Waals surface area contributed by atoms with Crippen LogP contribution >= 0.6 is 15.9 Å². The van der Waals surface area contributed by atoms with Crippen LogP contribution in [0, 0.1) is 6.92 Å². The van der Waals surface area contributed by atoms with Crippen LogP contribution in [0.4, 0.5) is 0 Å². The van der Waals surface area contributed by atoms with Crippen LogP contribution in [0.2, 0.25) is 0 Å². The molecule has 0 bridgehead atoms. The van der Waals surface area contributed by atoms with Gasteiger partial charge in [0.1, 0.15) is 5.82 Å². The monoisotopic (exact) mass is 336 g/mol. The summed E-state index contributed by atoms with van der Waals surface area (Å²) in [5, 5.41) is 8.99. The average Bonchev–Trinajstić information content (AvgIpc) is 2.70. The smallest absolute Gasteiger partial charge is 0.304 e. The maximum Gasteiger partial charge on any atom is 0.304 e. The quantitative estimate of drug-likeness (QED) is 0.889. The fourth-order valence-electron chi connectivity index (χ4n) is 2.16. The number of carboxylic acids is 1. The van der Waals surface area contributed by atoms with Crippen molar-refractivity contribution in [3.63, 3.8) is 0 Å². The Morgan fingerprint density at radius 2 is 2.15 bits per heavy atom. The van der Waals surface area contributed by atoms with E-state index < -0.39 is 11.4 Å². The Balaban J connectivity index is 2.42. The second kappa shape index (κ2) is 5.40. The molecule has 0 atom stereocenters. The molecule has 4 nitrogen and oxygen atoms in total. The minimum Gasteiger partial charge on any atom is -0.481 e. The van der Waals surface area contributed by atoms with Gasteiger partial charge in [-0.1, -0.05) is 41.9 Å². The first-order valence-electron chi connectivity index (χ1n) is 6.34. The van der Waals surface area contributed by atoms with Crippen molar-refractivity contribution in [2.45, 2.75) is 32.6 Å². The molecule has 0 amide bonds. The van der Waals surface area contributed by atoms with Crippen LogP contribution in [0.1, 0.15) is 31.8 Å². The van der Waals surface area contributed by atoms with Crippen LogP contribution in [0.3, 0.4) is 0 Å². The van der Waals surface area contributed by atoms with E-state index in [-0.39, 0.29) is 6.42 Å². The lowest BCUT2D eigenvalue weighted by Crippen LogP contribution is -2.23. The highest BCUT2D eigenvalue weighted by molar-refractivity contribution is 9.10. The fraction of sp³-hybridized carbons (Fsp3) is 0.333. The number of imidazole rings is 1. The number of aromatic amines is 1. The van der Waals surface area contributed by atoms with E-state index in [4.69, 9.17) is 5.11 Å². The van der Waals surface area contributed by atoms with Crippen molar-refractivity contribution >= 4 is 21.9 Å². The molecule has 0 aliphatic carbocycles. The highest BCUT2D eigenvalue weighted by Crippen LogP contribution is 2.30. The Kier molecular flexibility index (Phi) is 3.99. The van der Waals surface area contributed by atoms with Crippen LogP contribution in [0.5, 0.6) is 0 Å². The maximum absolute atomic E-state index is 10.9. The molecule has 0 radical (unpaired) electrons. The minimum absolute atomic E-state index is 0.0396. The largest absolute Gasteiger partial charge is 0.481 e. The van der Waals surface area contributed by atoms with E-state index in [0.717, 1.165) is 21.4 Å². The number of carbonyl (C=O) groups is 1. The van der Waals surface area contributed by atoms with Crippen molar-refractivity contribution in [3.05, 3.63) is 40.3 Å². The summed E-state index contributed by atoms with van der Waals surface area (Å²) in [5.74, 6) is -0.125. The molecule has 0 unspecified atom stereocenters. The lowest BCUT2D eigenvalue weighted by atomic mass is 9.88. The van der Waals surface area contributed by atoms with Gasteiger partial charge < -0.3 is 10.1 Å². The highest BCUT2D eigenvalue weighted by atomic mass is 79.9. The lowest BCUT2D eigenvalue weighted by molar-refractivity contribution is -0.138. The Bertz CT molecular complexity index is 647. The third kappa shape index (κ3) is 3.10. The number of halogens is 1. The van der Waals surface area contributed by atoms with Gasteiger partial charge >= 0.3 is 5.97 Å². The van der Waals surface area contributed by atoms with Crippen LogP contribution in [0.15, 0.2) is 28.7 Å². The van der Waals surface area contributed by atoms with E-state index in [1.807, 2.05) is 45.0 Å². The number of aromatic nitrogens is 2. The number of rotatable bonds is 4. The first-order valence-corrected chi connectivity index (χ1v) is 7.14.